The zero-order valence-corrected chi connectivity index (χ0v) is 7.30. The molecule has 0 unspecified atom stereocenters. The van der Waals surface area contributed by atoms with Crippen molar-refractivity contribution >= 4 is 25.0 Å². The third-order valence-electron chi connectivity index (χ3n) is 1.76. The van der Waals surface area contributed by atoms with Crippen LogP contribution < -0.4 is 5.46 Å². The Morgan fingerprint density at radius 2 is 2.17 bits per heavy atom. The van der Waals surface area contributed by atoms with Crippen LogP contribution in [0.1, 0.15) is 18.1 Å². The second-order valence-electron chi connectivity index (χ2n) is 2.83. The second kappa shape index (κ2) is 3.44. The predicted molar refractivity (Wildman–Crippen MR) is 56.6 cm³/mol. The van der Waals surface area contributed by atoms with Gasteiger partial charge in [-0.15, -0.1) is 0 Å². The first-order valence-electron chi connectivity index (χ1n) is 3.83. The van der Waals surface area contributed by atoms with E-state index in [-0.39, 0.29) is 0 Å². The molecule has 0 bridgehead atoms. The maximum Gasteiger partial charge on any atom is 0.113 e. The summed E-state index contributed by atoms with van der Waals surface area (Å²) in [4.78, 5) is 0. The molecule has 0 aromatic heterocycles. The average molecular weight is 154 g/mol. The quantitative estimate of drug-likeness (QED) is 0.572. The summed E-state index contributed by atoms with van der Waals surface area (Å²) >= 11 is 0. The number of rotatable bonds is 2. The third kappa shape index (κ3) is 1.67. The Bertz CT molecular complexity index is 324. The normalized spacial score (nSPS) is 9.42. The standard InChI is InChI=1S/C11H11B/c1-4-9-7-10(12)5-6-11(9)8(2)3/h4-7H,1-2H2,3H3. The van der Waals surface area contributed by atoms with Gasteiger partial charge in [-0.05, 0) is 18.1 Å². The number of hydrogen-bond donors (Lipinski definition) is 0. The molecule has 0 saturated heterocycles. The highest BCUT2D eigenvalue weighted by atomic mass is 14.0. The molecule has 1 aromatic carbocycles. The molecule has 0 atom stereocenters. The average Bonchev–Trinajstić information content (AvgIpc) is 2.03. The molecule has 2 radical (unpaired) electrons. The first-order valence-corrected chi connectivity index (χ1v) is 3.83. The van der Waals surface area contributed by atoms with Crippen molar-refractivity contribution in [2.24, 2.45) is 0 Å². The molecule has 1 aromatic rings. The van der Waals surface area contributed by atoms with Crippen LogP contribution in [0, 0.1) is 0 Å². The lowest BCUT2D eigenvalue weighted by Gasteiger charge is -2.05. The van der Waals surface area contributed by atoms with Crippen molar-refractivity contribution in [2.75, 3.05) is 0 Å². The molecule has 0 saturated carbocycles. The van der Waals surface area contributed by atoms with Crippen LogP contribution in [0.3, 0.4) is 0 Å². The molecule has 0 amide bonds. The summed E-state index contributed by atoms with van der Waals surface area (Å²) in [5.74, 6) is 0. The van der Waals surface area contributed by atoms with Gasteiger partial charge in [0.15, 0.2) is 0 Å². The van der Waals surface area contributed by atoms with Crippen molar-refractivity contribution in [3.63, 3.8) is 0 Å². The van der Waals surface area contributed by atoms with Crippen LogP contribution in [0.2, 0.25) is 0 Å². The van der Waals surface area contributed by atoms with E-state index in [1.165, 1.54) is 0 Å². The lowest BCUT2D eigenvalue weighted by Crippen LogP contribution is -2.02. The highest BCUT2D eigenvalue weighted by Gasteiger charge is 1.98. The minimum absolute atomic E-state index is 0.759. The summed E-state index contributed by atoms with van der Waals surface area (Å²) in [6, 6.07) is 5.74. The van der Waals surface area contributed by atoms with E-state index in [0.29, 0.717) is 0 Å². The minimum Gasteiger partial charge on any atom is -0.0984 e. The number of hydrogen-bond acceptors (Lipinski definition) is 0. The zero-order valence-electron chi connectivity index (χ0n) is 7.30. The molecule has 1 rings (SSSR count). The van der Waals surface area contributed by atoms with Crippen molar-refractivity contribution < 1.29 is 0 Å². The monoisotopic (exact) mass is 154 g/mol. The van der Waals surface area contributed by atoms with Crippen LogP contribution in [0.15, 0.2) is 31.4 Å². The number of allylic oxidation sites excluding steroid dienone is 1. The highest BCUT2D eigenvalue weighted by molar-refractivity contribution is 6.32. The van der Waals surface area contributed by atoms with Gasteiger partial charge < -0.3 is 0 Å². The first-order chi connectivity index (χ1) is 5.65. The molecular formula is C11H11B. The summed E-state index contributed by atoms with van der Waals surface area (Å²) in [7, 11) is 5.63. The maximum absolute atomic E-state index is 5.63. The van der Waals surface area contributed by atoms with Crippen molar-refractivity contribution in [2.45, 2.75) is 6.92 Å². The van der Waals surface area contributed by atoms with E-state index in [0.717, 1.165) is 22.2 Å². The van der Waals surface area contributed by atoms with Gasteiger partial charge in [-0.25, -0.2) is 0 Å². The fourth-order valence-corrected chi connectivity index (χ4v) is 1.14. The van der Waals surface area contributed by atoms with E-state index < -0.39 is 0 Å². The predicted octanol–water partition coefficient (Wildman–Crippen LogP) is 2.16. The molecule has 0 heterocycles. The van der Waals surface area contributed by atoms with Crippen LogP contribution in [-0.4, -0.2) is 7.85 Å². The fourth-order valence-electron chi connectivity index (χ4n) is 1.14. The van der Waals surface area contributed by atoms with Crippen molar-refractivity contribution in [1.82, 2.24) is 0 Å². The lowest BCUT2D eigenvalue weighted by molar-refractivity contribution is 1.57. The van der Waals surface area contributed by atoms with Crippen molar-refractivity contribution in [1.29, 1.82) is 0 Å². The van der Waals surface area contributed by atoms with Gasteiger partial charge in [-0.3, -0.25) is 0 Å². The van der Waals surface area contributed by atoms with Gasteiger partial charge in [0.1, 0.15) is 7.85 Å². The Morgan fingerprint density at radius 1 is 1.50 bits per heavy atom. The van der Waals surface area contributed by atoms with Gasteiger partial charge in [-0.1, -0.05) is 48.5 Å². The van der Waals surface area contributed by atoms with Crippen molar-refractivity contribution in [3.05, 3.63) is 42.5 Å². The summed E-state index contributed by atoms with van der Waals surface area (Å²) in [6.07, 6.45) is 1.79. The van der Waals surface area contributed by atoms with E-state index >= 15 is 0 Å². The summed E-state index contributed by atoms with van der Waals surface area (Å²) in [5.41, 5.74) is 3.95. The van der Waals surface area contributed by atoms with E-state index in [4.69, 9.17) is 7.85 Å². The molecule has 0 N–H and O–H groups in total. The van der Waals surface area contributed by atoms with E-state index in [1.54, 1.807) is 6.08 Å². The van der Waals surface area contributed by atoms with Gasteiger partial charge >= 0.3 is 0 Å². The molecule has 0 aliphatic rings. The van der Waals surface area contributed by atoms with Gasteiger partial charge in [0, 0.05) is 0 Å². The molecule has 58 valence electrons. The van der Waals surface area contributed by atoms with E-state index in [9.17, 15) is 0 Å². The Balaban J connectivity index is 3.29. The molecule has 0 spiro atoms. The zero-order chi connectivity index (χ0) is 9.14. The Labute approximate surface area is 75.0 Å². The van der Waals surface area contributed by atoms with E-state index in [1.807, 2.05) is 25.1 Å². The summed E-state index contributed by atoms with van der Waals surface area (Å²) < 4.78 is 0. The lowest BCUT2D eigenvalue weighted by atomic mass is 9.90. The molecule has 0 fully saturated rings. The topological polar surface area (TPSA) is 0 Å². The molecule has 0 aliphatic heterocycles. The molecule has 12 heavy (non-hydrogen) atoms. The van der Waals surface area contributed by atoms with Crippen LogP contribution in [0.5, 0.6) is 0 Å². The molecular weight excluding hydrogens is 143 g/mol. The van der Waals surface area contributed by atoms with Gasteiger partial charge in [0.05, 0.1) is 0 Å². The van der Waals surface area contributed by atoms with Crippen LogP contribution in [0.4, 0.5) is 0 Å². The minimum atomic E-state index is 0.759. The van der Waals surface area contributed by atoms with Crippen LogP contribution in [0.25, 0.3) is 11.6 Å². The molecule has 0 aliphatic carbocycles. The Hall–Kier alpha value is -1.24. The summed E-state index contributed by atoms with van der Waals surface area (Å²) in [5, 5.41) is 0. The van der Waals surface area contributed by atoms with Crippen LogP contribution >= 0.6 is 0 Å². The Kier molecular flexibility index (Phi) is 2.54. The maximum atomic E-state index is 5.63. The van der Waals surface area contributed by atoms with Gasteiger partial charge in [-0.2, -0.15) is 0 Å². The second-order valence-corrected chi connectivity index (χ2v) is 2.83. The highest BCUT2D eigenvalue weighted by Crippen LogP contribution is 2.16. The molecule has 0 nitrogen and oxygen atoms in total. The Morgan fingerprint density at radius 3 is 2.67 bits per heavy atom. The van der Waals surface area contributed by atoms with Gasteiger partial charge in [0.25, 0.3) is 0 Å². The van der Waals surface area contributed by atoms with Gasteiger partial charge in [0.2, 0.25) is 0 Å². The summed E-state index contributed by atoms with van der Waals surface area (Å²) in [6.45, 7) is 9.56. The third-order valence-corrected chi connectivity index (χ3v) is 1.76. The largest absolute Gasteiger partial charge is 0.113 e. The molecule has 1 heteroatoms. The first kappa shape index (κ1) is 8.86. The van der Waals surface area contributed by atoms with Crippen LogP contribution in [-0.2, 0) is 0 Å². The number of benzene rings is 1. The van der Waals surface area contributed by atoms with E-state index in [2.05, 4.69) is 13.2 Å². The fraction of sp³-hybridized carbons (Fsp3) is 0.0909. The SMILES string of the molecule is [B]c1ccc(C(=C)C)c(C=C)c1. The van der Waals surface area contributed by atoms with Crippen molar-refractivity contribution in [3.8, 4) is 0 Å². The smallest absolute Gasteiger partial charge is 0.0984 e.